The maximum Gasteiger partial charge on any atom is 0.214 e. The Hall–Kier alpha value is -0.770. The van der Waals surface area contributed by atoms with Crippen molar-refractivity contribution >= 4 is 17.6 Å². The number of hydrogen-bond acceptors (Lipinski definition) is 3. The van der Waals surface area contributed by atoms with Gasteiger partial charge in [-0.3, -0.25) is 0 Å². The number of pyridine rings is 1. The smallest absolute Gasteiger partial charge is 0.214 e. The largest absolute Gasteiger partial charge is 0.356 e. The lowest BCUT2D eigenvalue weighted by Gasteiger charge is -2.24. The van der Waals surface area contributed by atoms with E-state index >= 15 is 0 Å². The van der Waals surface area contributed by atoms with Crippen LogP contribution in [0.3, 0.4) is 0 Å². The summed E-state index contributed by atoms with van der Waals surface area (Å²) in [5.74, 6) is 2.65. The Kier molecular flexibility index (Phi) is 2.91. The number of anilines is 1. The van der Waals surface area contributed by atoms with Gasteiger partial charge in [-0.05, 0) is 24.3 Å². The second kappa shape index (κ2) is 4.17. The van der Waals surface area contributed by atoms with E-state index in [-0.39, 0.29) is 0 Å². The molecule has 1 unspecified atom stereocenters. The highest BCUT2D eigenvalue weighted by atomic mass is 32.2. The van der Waals surface area contributed by atoms with E-state index in [2.05, 4.69) is 9.88 Å². The summed E-state index contributed by atoms with van der Waals surface area (Å²) in [5.41, 5.74) is 0. The molecule has 1 fully saturated rings. The van der Waals surface area contributed by atoms with Gasteiger partial charge >= 0.3 is 0 Å². The van der Waals surface area contributed by atoms with Crippen LogP contribution in [-0.4, -0.2) is 29.6 Å². The number of aromatic nitrogens is 1. The SMILES string of the molecule is CN(c1cccc(F)n1)C1CCSC1. The normalized spacial score (nSPS) is 21.1. The summed E-state index contributed by atoms with van der Waals surface area (Å²) in [6.07, 6.45) is 1.17. The molecule has 14 heavy (non-hydrogen) atoms. The van der Waals surface area contributed by atoms with Crippen LogP contribution in [0.5, 0.6) is 0 Å². The van der Waals surface area contributed by atoms with E-state index in [0.717, 1.165) is 11.6 Å². The van der Waals surface area contributed by atoms with E-state index in [1.807, 2.05) is 24.9 Å². The Balaban J connectivity index is 2.13. The highest BCUT2D eigenvalue weighted by Gasteiger charge is 2.20. The molecule has 0 saturated carbocycles. The Morgan fingerprint density at radius 3 is 3.07 bits per heavy atom. The average molecular weight is 212 g/mol. The molecule has 0 amide bonds. The minimum absolute atomic E-state index is 0.403. The maximum atomic E-state index is 12.9. The molecule has 0 N–H and O–H groups in total. The molecule has 1 aliphatic heterocycles. The van der Waals surface area contributed by atoms with Crippen molar-refractivity contribution in [1.29, 1.82) is 0 Å². The minimum Gasteiger partial charge on any atom is -0.356 e. The van der Waals surface area contributed by atoms with Gasteiger partial charge in [0.25, 0.3) is 0 Å². The summed E-state index contributed by atoms with van der Waals surface area (Å²) in [4.78, 5) is 5.94. The molecule has 0 aromatic carbocycles. The second-order valence-electron chi connectivity index (χ2n) is 3.45. The highest BCUT2D eigenvalue weighted by Crippen LogP contribution is 2.24. The van der Waals surface area contributed by atoms with Gasteiger partial charge in [-0.15, -0.1) is 0 Å². The summed E-state index contributed by atoms with van der Waals surface area (Å²) in [6.45, 7) is 0. The molecule has 76 valence electrons. The van der Waals surface area contributed by atoms with E-state index < -0.39 is 5.95 Å². The Morgan fingerprint density at radius 1 is 1.57 bits per heavy atom. The predicted octanol–water partition coefficient (Wildman–Crippen LogP) is 2.16. The van der Waals surface area contributed by atoms with E-state index in [1.165, 1.54) is 18.2 Å². The number of hydrogen-bond donors (Lipinski definition) is 0. The molecule has 4 heteroatoms. The predicted molar refractivity (Wildman–Crippen MR) is 58.3 cm³/mol. The lowest BCUT2D eigenvalue weighted by Crippen LogP contribution is -2.32. The lowest BCUT2D eigenvalue weighted by molar-refractivity contribution is 0.578. The Bertz CT molecular complexity index is 313. The van der Waals surface area contributed by atoms with Crippen molar-refractivity contribution < 1.29 is 4.39 Å². The standard InChI is InChI=1S/C10H13FN2S/c1-13(8-5-6-14-7-8)10-4-2-3-9(11)12-10/h2-4,8H,5-7H2,1H3. The van der Waals surface area contributed by atoms with Gasteiger partial charge in [0.2, 0.25) is 5.95 Å². The van der Waals surface area contributed by atoms with Gasteiger partial charge in [0, 0.05) is 18.8 Å². The zero-order chi connectivity index (χ0) is 9.97. The molecule has 1 aliphatic rings. The van der Waals surface area contributed by atoms with Crippen LogP contribution in [0, 0.1) is 5.95 Å². The van der Waals surface area contributed by atoms with E-state index in [9.17, 15) is 4.39 Å². The van der Waals surface area contributed by atoms with Gasteiger partial charge in [-0.25, -0.2) is 4.98 Å². The van der Waals surface area contributed by atoms with Crippen LogP contribution in [0.2, 0.25) is 0 Å². The van der Waals surface area contributed by atoms with Gasteiger partial charge in [0.15, 0.2) is 0 Å². The van der Waals surface area contributed by atoms with Crippen molar-refractivity contribution in [3.63, 3.8) is 0 Å². The van der Waals surface area contributed by atoms with Crippen molar-refractivity contribution in [3.05, 3.63) is 24.1 Å². The number of rotatable bonds is 2. The number of thioether (sulfide) groups is 1. The first-order valence-electron chi connectivity index (χ1n) is 4.70. The molecule has 0 aliphatic carbocycles. The number of halogens is 1. The van der Waals surface area contributed by atoms with Crippen LogP contribution in [0.1, 0.15) is 6.42 Å². The summed E-state index contributed by atoms with van der Waals surface area (Å²) >= 11 is 1.95. The summed E-state index contributed by atoms with van der Waals surface area (Å²) < 4.78 is 12.9. The molecule has 2 nitrogen and oxygen atoms in total. The van der Waals surface area contributed by atoms with Crippen LogP contribution >= 0.6 is 11.8 Å². The zero-order valence-corrected chi connectivity index (χ0v) is 8.93. The summed E-state index contributed by atoms with van der Waals surface area (Å²) in [5, 5.41) is 0. The van der Waals surface area contributed by atoms with Gasteiger partial charge in [-0.1, -0.05) is 6.07 Å². The summed E-state index contributed by atoms with van der Waals surface area (Å²) in [7, 11) is 1.98. The third-order valence-electron chi connectivity index (χ3n) is 2.52. The third kappa shape index (κ3) is 2.00. The monoisotopic (exact) mass is 212 g/mol. The highest BCUT2D eigenvalue weighted by molar-refractivity contribution is 7.99. The molecule has 0 bridgehead atoms. The topological polar surface area (TPSA) is 16.1 Å². The fourth-order valence-electron chi connectivity index (χ4n) is 1.61. The maximum absolute atomic E-state index is 12.9. The van der Waals surface area contributed by atoms with Crippen molar-refractivity contribution in [3.8, 4) is 0 Å². The van der Waals surface area contributed by atoms with Gasteiger partial charge in [0.1, 0.15) is 5.82 Å². The second-order valence-corrected chi connectivity index (χ2v) is 4.60. The Labute approximate surface area is 87.5 Å². The molecule has 0 radical (unpaired) electrons. The van der Waals surface area contributed by atoms with E-state index in [1.54, 1.807) is 6.07 Å². The molecule has 1 saturated heterocycles. The molecule has 1 aromatic rings. The molecule has 2 heterocycles. The van der Waals surface area contributed by atoms with Gasteiger partial charge in [0.05, 0.1) is 0 Å². The summed E-state index contributed by atoms with van der Waals surface area (Å²) in [6, 6.07) is 5.44. The van der Waals surface area contributed by atoms with Crippen molar-refractivity contribution in [2.45, 2.75) is 12.5 Å². The van der Waals surface area contributed by atoms with E-state index in [4.69, 9.17) is 0 Å². The first-order chi connectivity index (χ1) is 6.77. The van der Waals surface area contributed by atoms with E-state index in [0.29, 0.717) is 6.04 Å². The van der Waals surface area contributed by atoms with Crippen LogP contribution in [0.25, 0.3) is 0 Å². The van der Waals surface area contributed by atoms with Crippen molar-refractivity contribution in [1.82, 2.24) is 4.98 Å². The lowest BCUT2D eigenvalue weighted by atomic mass is 10.2. The molecular weight excluding hydrogens is 199 g/mol. The van der Waals surface area contributed by atoms with Crippen LogP contribution in [0.4, 0.5) is 10.2 Å². The molecule has 1 atom stereocenters. The minimum atomic E-state index is -0.403. The zero-order valence-electron chi connectivity index (χ0n) is 8.11. The van der Waals surface area contributed by atoms with Crippen LogP contribution in [-0.2, 0) is 0 Å². The third-order valence-corrected chi connectivity index (χ3v) is 3.66. The van der Waals surface area contributed by atoms with Gasteiger partial charge in [-0.2, -0.15) is 16.2 Å². The van der Waals surface area contributed by atoms with Crippen molar-refractivity contribution in [2.75, 3.05) is 23.5 Å². The Morgan fingerprint density at radius 2 is 2.43 bits per heavy atom. The molecular formula is C10H13FN2S. The first-order valence-corrected chi connectivity index (χ1v) is 5.86. The van der Waals surface area contributed by atoms with Crippen molar-refractivity contribution in [2.24, 2.45) is 0 Å². The molecule has 0 spiro atoms. The first kappa shape index (κ1) is 9.77. The van der Waals surface area contributed by atoms with Crippen LogP contribution in [0.15, 0.2) is 18.2 Å². The van der Waals surface area contributed by atoms with Gasteiger partial charge < -0.3 is 4.90 Å². The molecule has 2 rings (SSSR count). The molecule has 1 aromatic heterocycles. The number of nitrogens with zero attached hydrogens (tertiary/aromatic N) is 2. The average Bonchev–Trinajstić information content (AvgIpc) is 2.69. The fraction of sp³-hybridized carbons (Fsp3) is 0.500. The van der Waals surface area contributed by atoms with Crippen LogP contribution < -0.4 is 4.90 Å². The quantitative estimate of drug-likeness (QED) is 0.699. The fourth-order valence-corrected chi connectivity index (χ4v) is 2.88.